The summed E-state index contributed by atoms with van der Waals surface area (Å²) >= 11 is 1.73. The minimum Gasteiger partial charge on any atom is -0.396 e. The second-order valence-electron chi connectivity index (χ2n) is 12.5. The average Bonchev–Trinajstić information content (AvgIpc) is 3.54. The van der Waals surface area contributed by atoms with Gasteiger partial charge in [-0.3, -0.25) is 14.4 Å². The van der Waals surface area contributed by atoms with Crippen LogP contribution in [0.4, 0.5) is 0 Å². The molecule has 6 atom stereocenters. The monoisotopic (exact) mass is 595 g/mol. The SMILES string of the molecule is C=CCN(Cc1ccccc1)C(=O)[C@H]1[C@H]2C(=O)N(CCCCCO)C(C(=O)N(CC=C)C(C)CCC)C23CC[C@]1(C)S3. The van der Waals surface area contributed by atoms with Gasteiger partial charge in [-0.05, 0) is 57.9 Å². The molecule has 8 heteroatoms. The lowest BCUT2D eigenvalue weighted by molar-refractivity contribution is -0.146. The Morgan fingerprint density at radius 3 is 2.48 bits per heavy atom. The molecule has 3 saturated heterocycles. The van der Waals surface area contributed by atoms with E-state index in [9.17, 15) is 19.5 Å². The first-order valence-corrected chi connectivity index (χ1v) is 16.5. The van der Waals surface area contributed by atoms with E-state index >= 15 is 0 Å². The molecule has 0 aromatic heterocycles. The van der Waals surface area contributed by atoms with Crippen molar-refractivity contribution in [3.8, 4) is 0 Å². The van der Waals surface area contributed by atoms with Crippen LogP contribution in [0.5, 0.6) is 0 Å². The van der Waals surface area contributed by atoms with Gasteiger partial charge in [-0.2, -0.15) is 0 Å². The van der Waals surface area contributed by atoms with Gasteiger partial charge >= 0.3 is 0 Å². The molecule has 3 aliphatic heterocycles. The fraction of sp³-hybridized carbons (Fsp3) is 0.618. The van der Waals surface area contributed by atoms with Crippen molar-refractivity contribution in [1.29, 1.82) is 0 Å². The number of unbranched alkanes of at least 4 members (excludes halogenated alkanes) is 2. The summed E-state index contributed by atoms with van der Waals surface area (Å²) in [6.07, 6.45) is 9.02. The van der Waals surface area contributed by atoms with E-state index in [4.69, 9.17) is 0 Å². The van der Waals surface area contributed by atoms with Crippen molar-refractivity contribution in [2.45, 2.75) is 93.8 Å². The summed E-state index contributed by atoms with van der Waals surface area (Å²) < 4.78 is -1.06. The van der Waals surface area contributed by atoms with Crippen LogP contribution in [0.3, 0.4) is 0 Å². The largest absolute Gasteiger partial charge is 0.396 e. The summed E-state index contributed by atoms with van der Waals surface area (Å²) in [6.45, 7) is 16.0. The molecular formula is C34H49N3O4S. The Labute approximate surface area is 256 Å². The molecule has 0 aliphatic carbocycles. The fourth-order valence-corrected chi connectivity index (χ4v) is 9.98. The molecule has 4 rings (SSSR count). The summed E-state index contributed by atoms with van der Waals surface area (Å²) in [5.74, 6) is -1.16. The van der Waals surface area contributed by atoms with Crippen molar-refractivity contribution in [1.82, 2.24) is 14.7 Å². The number of carbonyl (C=O) groups excluding carboxylic acids is 3. The number of likely N-dealkylation sites (tertiary alicyclic amines) is 1. The third-order valence-electron chi connectivity index (χ3n) is 9.56. The van der Waals surface area contributed by atoms with E-state index in [1.54, 1.807) is 23.9 Å². The van der Waals surface area contributed by atoms with Crippen LogP contribution in [0.2, 0.25) is 0 Å². The van der Waals surface area contributed by atoms with Crippen molar-refractivity contribution in [3.05, 3.63) is 61.2 Å². The van der Waals surface area contributed by atoms with Gasteiger partial charge in [0.15, 0.2) is 0 Å². The van der Waals surface area contributed by atoms with Gasteiger partial charge in [-0.1, -0.05) is 55.8 Å². The Hall–Kier alpha value is -2.58. The normalized spacial score (nSPS) is 28.4. The summed E-state index contributed by atoms with van der Waals surface area (Å²) in [6, 6.07) is 9.32. The number of carbonyl (C=O) groups is 3. The molecule has 3 amide bonds. The number of thioether (sulfide) groups is 1. The topological polar surface area (TPSA) is 81.2 Å². The van der Waals surface area contributed by atoms with Crippen molar-refractivity contribution in [2.24, 2.45) is 11.8 Å². The van der Waals surface area contributed by atoms with E-state index in [0.717, 1.165) is 37.7 Å². The highest BCUT2D eigenvalue weighted by molar-refractivity contribution is 8.02. The third kappa shape index (κ3) is 5.94. The zero-order valence-corrected chi connectivity index (χ0v) is 26.5. The number of fused-ring (bicyclic) bond motifs is 1. The molecule has 1 N–H and O–H groups in total. The molecule has 230 valence electrons. The molecule has 3 unspecified atom stereocenters. The molecule has 42 heavy (non-hydrogen) atoms. The molecule has 7 nitrogen and oxygen atoms in total. The number of amides is 3. The first-order valence-electron chi connectivity index (χ1n) is 15.7. The highest BCUT2D eigenvalue weighted by atomic mass is 32.2. The Kier molecular flexibility index (Phi) is 10.6. The van der Waals surface area contributed by atoms with Gasteiger partial charge in [-0.25, -0.2) is 0 Å². The molecule has 1 aromatic carbocycles. The van der Waals surface area contributed by atoms with Gasteiger partial charge in [0.25, 0.3) is 0 Å². The van der Waals surface area contributed by atoms with Crippen LogP contribution in [0.25, 0.3) is 0 Å². The predicted octanol–water partition coefficient (Wildman–Crippen LogP) is 5.05. The maximum absolute atomic E-state index is 14.6. The molecule has 2 bridgehead atoms. The number of rotatable bonds is 16. The first-order chi connectivity index (χ1) is 20.2. The van der Waals surface area contributed by atoms with Crippen molar-refractivity contribution < 1.29 is 19.5 Å². The lowest BCUT2D eigenvalue weighted by Gasteiger charge is -2.39. The summed E-state index contributed by atoms with van der Waals surface area (Å²) in [7, 11) is 0. The molecule has 1 aromatic rings. The second kappa shape index (κ2) is 13.8. The first kappa shape index (κ1) is 32.3. The number of nitrogens with zero attached hydrogens (tertiary/aromatic N) is 3. The number of aliphatic hydroxyl groups excluding tert-OH is 1. The lowest BCUT2D eigenvalue weighted by Crippen LogP contribution is -2.56. The minimum atomic E-state index is -0.641. The van der Waals surface area contributed by atoms with E-state index in [1.807, 2.05) is 45.0 Å². The second-order valence-corrected chi connectivity index (χ2v) is 14.4. The minimum absolute atomic E-state index is 0.0212. The van der Waals surface area contributed by atoms with Crippen molar-refractivity contribution >= 4 is 29.5 Å². The number of hydrogen-bond acceptors (Lipinski definition) is 5. The standard InChI is InChI=1S/C34H49N3O4S/c1-6-15-25(4)36(21-8-3)32(41)29-34-19-18-33(5,42-34)27(28(34)31(40)37(29)22-13-10-14-23-38)30(39)35(20-7-2)24-26-16-11-9-12-17-26/h7-9,11-12,16-17,25,27-29,38H,2-3,6,10,13-15,18-24H2,1,4-5H3/t25?,27-,28+,29?,33+,34?/m1/s1. The van der Waals surface area contributed by atoms with E-state index in [2.05, 4.69) is 33.9 Å². The highest BCUT2D eigenvalue weighted by Gasteiger charge is 2.77. The Morgan fingerprint density at radius 1 is 1.12 bits per heavy atom. The van der Waals surface area contributed by atoms with Gasteiger partial charge in [0.2, 0.25) is 17.7 Å². The Morgan fingerprint density at radius 2 is 1.83 bits per heavy atom. The molecule has 0 saturated carbocycles. The zero-order chi connectivity index (χ0) is 30.5. The van der Waals surface area contributed by atoms with Gasteiger partial charge in [0.05, 0.1) is 16.6 Å². The van der Waals surface area contributed by atoms with Crippen LogP contribution < -0.4 is 0 Å². The van der Waals surface area contributed by atoms with Crippen LogP contribution >= 0.6 is 11.8 Å². The van der Waals surface area contributed by atoms with Crippen LogP contribution in [-0.2, 0) is 20.9 Å². The summed E-state index contributed by atoms with van der Waals surface area (Å²) in [5, 5.41) is 9.33. The van der Waals surface area contributed by atoms with E-state index in [1.165, 1.54) is 0 Å². The number of hydrogen-bond donors (Lipinski definition) is 1. The summed E-state index contributed by atoms with van der Waals surface area (Å²) in [5.41, 5.74) is 1.03. The van der Waals surface area contributed by atoms with E-state index in [0.29, 0.717) is 39.0 Å². The molecule has 1 spiro atoms. The molecule has 3 aliphatic rings. The maximum atomic E-state index is 14.6. The van der Waals surface area contributed by atoms with Crippen LogP contribution in [0, 0.1) is 11.8 Å². The van der Waals surface area contributed by atoms with Crippen LogP contribution in [0.15, 0.2) is 55.6 Å². The van der Waals surface area contributed by atoms with Gasteiger partial charge in [0.1, 0.15) is 6.04 Å². The van der Waals surface area contributed by atoms with Crippen LogP contribution in [-0.4, -0.2) is 85.3 Å². The molecule has 0 radical (unpaired) electrons. The van der Waals surface area contributed by atoms with Gasteiger partial charge in [-0.15, -0.1) is 24.9 Å². The zero-order valence-electron chi connectivity index (χ0n) is 25.7. The summed E-state index contributed by atoms with van der Waals surface area (Å²) in [4.78, 5) is 49.1. The van der Waals surface area contributed by atoms with E-state index < -0.39 is 27.4 Å². The highest BCUT2D eigenvalue weighted by Crippen LogP contribution is 2.71. The Bertz CT molecular complexity index is 1140. The van der Waals surface area contributed by atoms with E-state index in [-0.39, 0.29) is 30.4 Å². The van der Waals surface area contributed by atoms with Gasteiger partial charge in [0, 0.05) is 43.6 Å². The molecule has 3 heterocycles. The van der Waals surface area contributed by atoms with Gasteiger partial charge < -0.3 is 19.8 Å². The van der Waals surface area contributed by atoms with Crippen molar-refractivity contribution in [2.75, 3.05) is 26.2 Å². The average molecular weight is 596 g/mol. The lowest BCUT2D eigenvalue weighted by atomic mass is 9.66. The predicted molar refractivity (Wildman–Crippen MR) is 170 cm³/mol. The maximum Gasteiger partial charge on any atom is 0.247 e. The quantitative estimate of drug-likeness (QED) is 0.214. The van der Waals surface area contributed by atoms with Crippen LogP contribution in [0.1, 0.15) is 71.3 Å². The van der Waals surface area contributed by atoms with Crippen molar-refractivity contribution in [3.63, 3.8) is 0 Å². The molecule has 3 fully saturated rings. The Balaban J connectivity index is 1.73. The number of aliphatic hydroxyl groups is 1. The third-order valence-corrected chi connectivity index (χ3v) is 11.5. The number of benzene rings is 1. The molecular weight excluding hydrogens is 546 g/mol. The smallest absolute Gasteiger partial charge is 0.247 e. The fourth-order valence-electron chi connectivity index (χ4n) is 7.64.